The van der Waals surface area contributed by atoms with Gasteiger partial charge in [-0.15, -0.1) is 0 Å². The van der Waals surface area contributed by atoms with Gasteiger partial charge in [0, 0.05) is 0 Å². The molecule has 1 aromatic rings. The molecular weight excluding hydrogens is 273 g/mol. The minimum absolute atomic E-state index is 0.369. The number of hydrogen-bond donors (Lipinski definition) is 1. The Morgan fingerprint density at radius 2 is 1.95 bits per heavy atom. The average molecular weight is 290 g/mol. The van der Waals surface area contributed by atoms with Crippen molar-refractivity contribution in [3.05, 3.63) is 35.4 Å². The van der Waals surface area contributed by atoms with Crippen molar-refractivity contribution in [2.45, 2.75) is 31.5 Å². The van der Waals surface area contributed by atoms with E-state index in [2.05, 4.69) is 0 Å². The zero-order valence-corrected chi connectivity index (χ0v) is 11.3. The van der Waals surface area contributed by atoms with Crippen molar-refractivity contribution < 1.29 is 18.3 Å². The van der Waals surface area contributed by atoms with Crippen molar-refractivity contribution in [2.24, 2.45) is 5.92 Å². The lowest BCUT2D eigenvalue weighted by atomic mass is 9.92. The second-order valence-corrected chi connectivity index (χ2v) is 6.16. The van der Waals surface area contributed by atoms with Crippen LogP contribution in [0.3, 0.4) is 0 Å². The van der Waals surface area contributed by atoms with E-state index in [1.54, 1.807) is 6.07 Å². The average Bonchev–Trinajstić information content (AvgIpc) is 2.39. The highest BCUT2D eigenvalue weighted by atomic mass is 32.2. The van der Waals surface area contributed by atoms with Crippen LogP contribution < -0.4 is 0 Å². The van der Waals surface area contributed by atoms with Gasteiger partial charge < -0.3 is 5.11 Å². The predicted molar refractivity (Wildman–Crippen MR) is 71.1 cm³/mol. The normalized spacial score (nSPS) is 19.4. The van der Waals surface area contributed by atoms with Crippen LogP contribution in [0.2, 0.25) is 0 Å². The molecule has 1 aromatic carbocycles. The minimum Gasteiger partial charge on any atom is -0.388 e. The van der Waals surface area contributed by atoms with Crippen molar-refractivity contribution in [3.63, 3.8) is 0 Å². The minimum atomic E-state index is -4.35. The first-order valence-corrected chi connectivity index (χ1v) is 7.55. The Morgan fingerprint density at radius 1 is 1.26 bits per heavy atom. The first kappa shape index (κ1) is 14.7. The number of aliphatic hydroxyl groups excluding tert-OH is 1. The first-order valence-electron chi connectivity index (χ1n) is 6.40. The van der Waals surface area contributed by atoms with Crippen LogP contribution in [-0.4, -0.2) is 16.6 Å². The molecule has 0 spiro atoms. The fourth-order valence-corrected chi connectivity index (χ4v) is 3.56. The maximum Gasteiger partial charge on any atom is 0.416 e. The first-order chi connectivity index (χ1) is 8.97. The van der Waals surface area contributed by atoms with Gasteiger partial charge >= 0.3 is 6.18 Å². The summed E-state index contributed by atoms with van der Waals surface area (Å²) in [4.78, 5) is 0. The molecule has 0 radical (unpaired) electrons. The topological polar surface area (TPSA) is 20.2 Å². The van der Waals surface area contributed by atoms with Gasteiger partial charge in [0.15, 0.2) is 0 Å². The Bertz CT molecular complexity index is 413. The lowest BCUT2D eigenvalue weighted by molar-refractivity contribution is -0.137. The van der Waals surface area contributed by atoms with Crippen LogP contribution in [0.1, 0.15) is 36.5 Å². The molecule has 1 nitrogen and oxygen atoms in total. The molecule has 0 bridgehead atoms. The maximum absolute atomic E-state index is 12.6. The lowest BCUT2D eigenvalue weighted by Crippen LogP contribution is -2.14. The number of aliphatic hydroxyl groups is 1. The molecule has 0 amide bonds. The number of alkyl halides is 3. The number of thioether (sulfide) groups is 1. The summed E-state index contributed by atoms with van der Waals surface area (Å²) in [5.74, 6) is 2.59. The summed E-state index contributed by atoms with van der Waals surface area (Å²) in [7, 11) is 0. The zero-order valence-electron chi connectivity index (χ0n) is 10.5. The molecule has 0 aromatic heterocycles. The van der Waals surface area contributed by atoms with E-state index in [0.29, 0.717) is 17.9 Å². The van der Waals surface area contributed by atoms with Crippen LogP contribution in [-0.2, 0) is 6.18 Å². The van der Waals surface area contributed by atoms with E-state index < -0.39 is 17.8 Å². The van der Waals surface area contributed by atoms with Crippen LogP contribution in [0.25, 0.3) is 0 Å². The van der Waals surface area contributed by atoms with Crippen LogP contribution in [0.15, 0.2) is 24.3 Å². The Hall–Kier alpha value is -0.680. The predicted octanol–water partition coefficient (Wildman–Crippen LogP) is 4.27. The largest absolute Gasteiger partial charge is 0.416 e. The molecule has 1 N–H and O–H groups in total. The molecule has 1 saturated heterocycles. The van der Waals surface area contributed by atoms with Gasteiger partial charge in [0.1, 0.15) is 0 Å². The van der Waals surface area contributed by atoms with E-state index in [0.717, 1.165) is 36.5 Å². The molecule has 19 heavy (non-hydrogen) atoms. The van der Waals surface area contributed by atoms with Crippen molar-refractivity contribution in [2.75, 3.05) is 11.5 Å². The SMILES string of the molecule is OC(CC1CCSCC1)c1cccc(C(F)(F)F)c1. The third-order valence-electron chi connectivity index (χ3n) is 3.50. The highest BCUT2D eigenvalue weighted by Gasteiger charge is 2.31. The van der Waals surface area contributed by atoms with Crippen LogP contribution in [0, 0.1) is 5.92 Å². The van der Waals surface area contributed by atoms with E-state index in [1.807, 2.05) is 11.8 Å². The molecule has 106 valence electrons. The van der Waals surface area contributed by atoms with Gasteiger partial charge in [-0.05, 0) is 54.4 Å². The summed E-state index contributed by atoms with van der Waals surface area (Å²) in [5.41, 5.74) is -0.323. The van der Waals surface area contributed by atoms with E-state index >= 15 is 0 Å². The second kappa shape index (κ2) is 6.18. The third kappa shape index (κ3) is 4.14. The molecule has 0 aliphatic carbocycles. The fraction of sp³-hybridized carbons (Fsp3) is 0.571. The number of rotatable bonds is 3. The summed E-state index contributed by atoms with van der Waals surface area (Å²) in [6.45, 7) is 0. The van der Waals surface area contributed by atoms with Crippen LogP contribution in [0.4, 0.5) is 13.2 Å². The highest BCUT2D eigenvalue weighted by Crippen LogP contribution is 2.34. The Labute approximate surface area is 115 Å². The third-order valence-corrected chi connectivity index (χ3v) is 4.54. The van der Waals surface area contributed by atoms with E-state index in [1.165, 1.54) is 6.07 Å². The number of hydrogen-bond acceptors (Lipinski definition) is 2. The molecule has 1 atom stereocenters. The standard InChI is InChI=1S/C14H17F3OS/c15-14(16,17)12-3-1-2-11(9-12)13(18)8-10-4-6-19-7-5-10/h1-3,9-10,13,18H,4-8H2. The summed E-state index contributed by atoms with van der Waals surface area (Å²) >= 11 is 1.90. The summed E-state index contributed by atoms with van der Waals surface area (Å²) < 4.78 is 37.8. The van der Waals surface area contributed by atoms with Gasteiger partial charge in [-0.1, -0.05) is 12.1 Å². The Kier molecular flexibility index (Phi) is 4.79. The van der Waals surface area contributed by atoms with Crippen LogP contribution >= 0.6 is 11.8 Å². The monoisotopic (exact) mass is 290 g/mol. The maximum atomic E-state index is 12.6. The summed E-state index contributed by atoms with van der Waals surface area (Å²) in [6.07, 6.45) is -2.50. The molecule has 5 heteroatoms. The van der Waals surface area contributed by atoms with Gasteiger partial charge in [-0.25, -0.2) is 0 Å². The number of benzene rings is 1. The van der Waals surface area contributed by atoms with E-state index in [9.17, 15) is 18.3 Å². The van der Waals surface area contributed by atoms with E-state index in [4.69, 9.17) is 0 Å². The lowest BCUT2D eigenvalue weighted by Gasteiger charge is -2.24. The molecule has 1 unspecified atom stereocenters. The zero-order chi connectivity index (χ0) is 13.9. The quantitative estimate of drug-likeness (QED) is 0.897. The highest BCUT2D eigenvalue weighted by molar-refractivity contribution is 7.99. The van der Waals surface area contributed by atoms with Gasteiger partial charge in [0.25, 0.3) is 0 Å². The molecular formula is C14H17F3OS. The molecule has 1 fully saturated rings. The number of halogens is 3. The summed E-state index contributed by atoms with van der Waals surface area (Å²) in [5, 5.41) is 10.1. The van der Waals surface area contributed by atoms with Gasteiger partial charge in [-0.3, -0.25) is 0 Å². The molecule has 1 aliphatic heterocycles. The van der Waals surface area contributed by atoms with Gasteiger partial charge in [0.2, 0.25) is 0 Å². The van der Waals surface area contributed by atoms with Crippen molar-refractivity contribution in [1.29, 1.82) is 0 Å². The fourth-order valence-electron chi connectivity index (χ4n) is 2.36. The second-order valence-electron chi connectivity index (χ2n) is 4.93. The van der Waals surface area contributed by atoms with E-state index in [-0.39, 0.29) is 0 Å². The molecule has 0 saturated carbocycles. The van der Waals surface area contributed by atoms with Gasteiger partial charge in [-0.2, -0.15) is 24.9 Å². The van der Waals surface area contributed by atoms with Crippen molar-refractivity contribution >= 4 is 11.8 Å². The van der Waals surface area contributed by atoms with Crippen LogP contribution in [0.5, 0.6) is 0 Å². The molecule has 2 rings (SSSR count). The Morgan fingerprint density at radius 3 is 2.58 bits per heavy atom. The Balaban J connectivity index is 2.04. The smallest absolute Gasteiger partial charge is 0.388 e. The summed E-state index contributed by atoms with van der Waals surface area (Å²) in [6, 6.07) is 5.02. The van der Waals surface area contributed by atoms with Crippen molar-refractivity contribution in [1.82, 2.24) is 0 Å². The molecule has 1 heterocycles. The molecule has 1 aliphatic rings. The van der Waals surface area contributed by atoms with Crippen molar-refractivity contribution in [3.8, 4) is 0 Å². The van der Waals surface area contributed by atoms with Gasteiger partial charge in [0.05, 0.1) is 11.7 Å².